The molecule has 156 valence electrons. The smallest absolute Gasteiger partial charge is 0.324 e. The van der Waals surface area contributed by atoms with Gasteiger partial charge in [0, 0.05) is 31.1 Å². The maximum atomic E-state index is 13.2. The number of nitrogens with one attached hydrogen (secondary N) is 1. The minimum atomic E-state index is -0.538. The Morgan fingerprint density at radius 2 is 2.03 bits per heavy atom. The molecule has 2 aromatic heterocycles. The third-order valence-electron chi connectivity index (χ3n) is 5.34. The van der Waals surface area contributed by atoms with Crippen molar-refractivity contribution >= 4 is 45.3 Å². The SMILES string of the molecule is Cc1ccc(-c2csc3nc(SC(C)C(=O)N4CCNC4=O)n(C)c(=O)c23)cc1C. The van der Waals surface area contributed by atoms with Crippen LogP contribution >= 0.6 is 23.1 Å². The van der Waals surface area contributed by atoms with Gasteiger partial charge in [-0.1, -0.05) is 30.0 Å². The molecule has 1 N–H and O–H groups in total. The van der Waals surface area contributed by atoms with Gasteiger partial charge in [-0.05, 0) is 37.5 Å². The van der Waals surface area contributed by atoms with E-state index in [1.807, 2.05) is 11.4 Å². The van der Waals surface area contributed by atoms with E-state index < -0.39 is 5.25 Å². The van der Waals surface area contributed by atoms with Gasteiger partial charge in [-0.2, -0.15) is 0 Å². The first-order valence-electron chi connectivity index (χ1n) is 9.59. The molecule has 3 amide bonds. The zero-order valence-electron chi connectivity index (χ0n) is 17.2. The molecule has 1 unspecified atom stereocenters. The van der Waals surface area contributed by atoms with Crippen LogP contribution in [0.25, 0.3) is 21.3 Å². The molecule has 9 heteroatoms. The maximum absolute atomic E-state index is 13.2. The van der Waals surface area contributed by atoms with Crippen molar-refractivity contribution in [1.82, 2.24) is 19.8 Å². The van der Waals surface area contributed by atoms with E-state index in [9.17, 15) is 14.4 Å². The molecule has 4 rings (SSSR count). The summed E-state index contributed by atoms with van der Waals surface area (Å²) in [7, 11) is 1.67. The quantitative estimate of drug-likeness (QED) is 0.495. The largest absolute Gasteiger partial charge is 0.336 e. The number of amides is 3. The number of thioether (sulfide) groups is 1. The molecule has 1 atom stereocenters. The van der Waals surface area contributed by atoms with Crippen LogP contribution in [0.3, 0.4) is 0 Å². The number of fused-ring (bicyclic) bond motifs is 1. The van der Waals surface area contributed by atoms with E-state index in [0.717, 1.165) is 11.1 Å². The second-order valence-electron chi connectivity index (χ2n) is 7.37. The Balaban J connectivity index is 1.69. The number of nitrogens with zero attached hydrogens (tertiary/aromatic N) is 3. The van der Waals surface area contributed by atoms with Crippen molar-refractivity contribution in [3.63, 3.8) is 0 Å². The van der Waals surface area contributed by atoms with Gasteiger partial charge in [-0.15, -0.1) is 11.3 Å². The number of benzene rings is 1. The Hall–Kier alpha value is -2.65. The van der Waals surface area contributed by atoms with Gasteiger partial charge < -0.3 is 5.32 Å². The molecule has 0 radical (unpaired) electrons. The van der Waals surface area contributed by atoms with Crippen LogP contribution in [-0.2, 0) is 11.8 Å². The summed E-state index contributed by atoms with van der Waals surface area (Å²) in [5.74, 6) is -0.286. The van der Waals surface area contributed by atoms with Crippen LogP contribution in [0.2, 0.25) is 0 Å². The van der Waals surface area contributed by atoms with Crippen molar-refractivity contribution in [2.75, 3.05) is 13.1 Å². The topological polar surface area (TPSA) is 84.3 Å². The number of imide groups is 1. The van der Waals surface area contributed by atoms with Crippen LogP contribution in [0.15, 0.2) is 33.5 Å². The lowest BCUT2D eigenvalue weighted by Crippen LogP contribution is -2.39. The predicted octanol–water partition coefficient (Wildman–Crippen LogP) is 3.31. The number of hydrogen-bond donors (Lipinski definition) is 1. The van der Waals surface area contributed by atoms with Gasteiger partial charge in [0.2, 0.25) is 5.91 Å². The highest BCUT2D eigenvalue weighted by Crippen LogP contribution is 2.33. The number of urea groups is 1. The highest BCUT2D eigenvalue weighted by Gasteiger charge is 2.31. The molecular formula is C21H22N4O3S2. The van der Waals surface area contributed by atoms with Gasteiger partial charge in [-0.25, -0.2) is 9.78 Å². The lowest BCUT2D eigenvalue weighted by Gasteiger charge is -2.18. The molecule has 0 bridgehead atoms. The van der Waals surface area contributed by atoms with Crippen molar-refractivity contribution < 1.29 is 9.59 Å². The lowest BCUT2D eigenvalue weighted by atomic mass is 10.0. The number of carbonyl (C=O) groups is 2. The molecule has 1 aliphatic heterocycles. The summed E-state index contributed by atoms with van der Waals surface area (Å²) >= 11 is 2.61. The van der Waals surface area contributed by atoms with E-state index >= 15 is 0 Å². The van der Waals surface area contributed by atoms with Gasteiger partial charge in [-0.3, -0.25) is 19.1 Å². The van der Waals surface area contributed by atoms with E-state index in [4.69, 9.17) is 0 Å². The first kappa shape index (κ1) is 20.6. The zero-order valence-corrected chi connectivity index (χ0v) is 18.8. The fourth-order valence-corrected chi connectivity index (χ4v) is 5.31. The number of hydrogen-bond acceptors (Lipinski definition) is 6. The number of aryl methyl sites for hydroxylation is 2. The minimum absolute atomic E-state index is 0.143. The summed E-state index contributed by atoms with van der Waals surface area (Å²) < 4.78 is 1.48. The van der Waals surface area contributed by atoms with E-state index in [2.05, 4.69) is 36.3 Å². The molecule has 1 aliphatic rings. The van der Waals surface area contributed by atoms with Crippen LogP contribution in [-0.4, -0.2) is 44.7 Å². The number of thiophene rings is 1. The first-order chi connectivity index (χ1) is 14.3. The molecule has 0 spiro atoms. The highest BCUT2D eigenvalue weighted by atomic mass is 32.2. The van der Waals surface area contributed by atoms with E-state index in [0.29, 0.717) is 28.5 Å². The Morgan fingerprint density at radius 3 is 2.70 bits per heavy atom. The second-order valence-corrected chi connectivity index (χ2v) is 9.54. The molecule has 1 aromatic carbocycles. The third kappa shape index (κ3) is 3.52. The normalized spacial score (nSPS) is 14.9. The second kappa shape index (κ2) is 7.88. The molecule has 0 saturated carbocycles. The third-order valence-corrected chi connectivity index (χ3v) is 7.35. The van der Waals surface area contributed by atoms with Gasteiger partial charge in [0.15, 0.2) is 5.16 Å². The van der Waals surface area contributed by atoms with Crippen molar-refractivity contribution in [2.24, 2.45) is 7.05 Å². The molecular weight excluding hydrogens is 420 g/mol. The van der Waals surface area contributed by atoms with Crippen LogP contribution < -0.4 is 10.9 Å². The molecule has 3 heterocycles. The van der Waals surface area contributed by atoms with Gasteiger partial charge in [0.05, 0.1) is 10.6 Å². The summed E-state index contributed by atoms with van der Waals surface area (Å²) in [6.07, 6.45) is 0. The lowest BCUT2D eigenvalue weighted by molar-refractivity contribution is -0.126. The fraction of sp³-hybridized carbons (Fsp3) is 0.333. The Labute approximate surface area is 182 Å². The molecule has 30 heavy (non-hydrogen) atoms. The van der Waals surface area contributed by atoms with E-state index in [-0.39, 0.29) is 17.5 Å². The van der Waals surface area contributed by atoms with Crippen molar-refractivity contribution in [3.8, 4) is 11.1 Å². The van der Waals surface area contributed by atoms with Crippen molar-refractivity contribution in [2.45, 2.75) is 31.2 Å². The van der Waals surface area contributed by atoms with E-state index in [1.54, 1.807) is 14.0 Å². The molecule has 0 aliphatic carbocycles. The summed E-state index contributed by atoms with van der Waals surface area (Å²) in [6.45, 7) is 6.66. The van der Waals surface area contributed by atoms with Crippen molar-refractivity contribution in [3.05, 3.63) is 45.1 Å². The number of aromatic nitrogens is 2. The van der Waals surface area contributed by atoms with Crippen LogP contribution in [0.5, 0.6) is 0 Å². The Bertz CT molecular complexity index is 1230. The maximum Gasteiger partial charge on any atom is 0.324 e. The Morgan fingerprint density at radius 1 is 1.27 bits per heavy atom. The molecule has 7 nitrogen and oxygen atoms in total. The highest BCUT2D eigenvalue weighted by molar-refractivity contribution is 8.00. The number of rotatable bonds is 4. The average molecular weight is 443 g/mol. The summed E-state index contributed by atoms with van der Waals surface area (Å²) in [5, 5.41) is 5.10. The average Bonchev–Trinajstić information content (AvgIpc) is 3.33. The minimum Gasteiger partial charge on any atom is -0.336 e. The van der Waals surface area contributed by atoms with Gasteiger partial charge in [0.25, 0.3) is 5.56 Å². The van der Waals surface area contributed by atoms with Gasteiger partial charge in [0.1, 0.15) is 4.83 Å². The van der Waals surface area contributed by atoms with Crippen LogP contribution in [0, 0.1) is 13.8 Å². The molecule has 1 fully saturated rings. The molecule has 3 aromatic rings. The summed E-state index contributed by atoms with van der Waals surface area (Å²) in [6, 6.07) is 5.79. The van der Waals surface area contributed by atoms with E-state index in [1.165, 1.54) is 43.7 Å². The van der Waals surface area contributed by atoms with Crippen molar-refractivity contribution in [1.29, 1.82) is 0 Å². The summed E-state index contributed by atoms with van der Waals surface area (Å²) in [4.78, 5) is 44.1. The van der Waals surface area contributed by atoms with Crippen LogP contribution in [0.4, 0.5) is 4.79 Å². The monoisotopic (exact) mass is 442 g/mol. The first-order valence-corrected chi connectivity index (χ1v) is 11.4. The predicted molar refractivity (Wildman–Crippen MR) is 120 cm³/mol. The zero-order chi connectivity index (χ0) is 21.6. The standard InChI is InChI=1S/C21H22N4O3S2/c1-11-5-6-14(9-12(11)2)15-10-29-17-16(15)19(27)24(4)21(23-17)30-13(3)18(26)25-8-7-22-20(25)28/h5-6,9-10,13H,7-8H2,1-4H3,(H,22,28). The van der Waals surface area contributed by atoms with Gasteiger partial charge >= 0.3 is 6.03 Å². The number of carbonyl (C=O) groups excluding carboxylic acids is 2. The molecule has 1 saturated heterocycles. The van der Waals surface area contributed by atoms with Crippen LogP contribution in [0.1, 0.15) is 18.1 Å². The fourth-order valence-electron chi connectivity index (χ4n) is 3.39. The Kier molecular flexibility index (Phi) is 5.42. The summed E-state index contributed by atoms with van der Waals surface area (Å²) in [5.41, 5.74) is 4.10.